The van der Waals surface area contributed by atoms with Crippen molar-refractivity contribution in [2.75, 3.05) is 26.7 Å². The average Bonchev–Trinajstić information content (AvgIpc) is 2.40. The summed E-state index contributed by atoms with van der Waals surface area (Å²) < 4.78 is 0. The maximum atomic E-state index is 3.25. The highest BCUT2D eigenvalue weighted by Gasteiger charge is 2.12. The summed E-state index contributed by atoms with van der Waals surface area (Å²) in [5.41, 5.74) is 0. The maximum absolute atomic E-state index is 3.25. The van der Waals surface area contributed by atoms with Crippen LogP contribution in [0.1, 0.15) is 19.8 Å². The summed E-state index contributed by atoms with van der Waals surface area (Å²) in [6.07, 6.45) is 2.80. The van der Waals surface area contributed by atoms with Crippen molar-refractivity contribution < 1.29 is 0 Å². The van der Waals surface area contributed by atoms with Crippen LogP contribution >= 0.6 is 0 Å². The lowest BCUT2D eigenvalue weighted by atomic mass is 10.3. The molecule has 0 amide bonds. The summed E-state index contributed by atoms with van der Waals surface area (Å²) in [5, 5.41) is 3.25. The van der Waals surface area contributed by atoms with Crippen molar-refractivity contribution in [3.63, 3.8) is 0 Å². The van der Waals surface area contributed by atoms with Gasteiger partial charge in [0.2, 0.25) is 0 Å². The first kappa shape index (κ1) is 8.02. The topological polar surface area (TPSA) is 15.3 Å². The van der Waals surface area contributed by atoms with E-state index in [0.717, 1.165) is 0 Å². The van der Waals surface area contributed by atoms with E-state index in [1.54, 1.807) is 0 Å². The number of likely N-dealkylation sites (tertiary alicyclic amines) is 1. The van der Waals surface area contributed by atoms with Crippen molar-refractivity contribution in [3.05, 3.63) is 0 Å². The molecule has 60 valence electrons. The van der Waals surface area contributed by atoms with Crippen LogP contribution in [-0.4, -0.2) is 37.6 Å². The average molecular weight is 142 g/mol. The highest BCUT2D eigenvalue weighted by Crippen LogP contribution is 2.06. The molecule has 0 radical (unpaired) electrons. The van der Waals surface area contributed by atoms with Gasteiger partial charge in [0, 0.05) is 12.6 Å². The summed E-state index contributed by atoms with van der Waals surface area (Å²) in [5.74, 6) is 0. The van der Waals surface area contributed by atoms with Crippen LogP contribution in [-0.2, 0) is 0 Å². The first-order valence-electron chi connectivity index (χ1n) is 4.22. The van der Waals surface area contributed by atoms with Gasteiger partial charge in [-0.15, -0.1) is 0 Å². The molecule has 2 nitrogen and oxygen atoms in total. The minimum Gasteiger partial charge on any atom is -0.316 e. The molecule has 1 heterocycles. The Labute approximate surface area is 63.6 Å². The number of nitrogens with zero attached hydrogens (tertiary/aromatic N) is 1. The van der Waals surface area contributed by atoms with Crippen LogP contribution in [0.25, 0.3) is 0 Å². The van der Waals surface area contributed by atoms with Crippen LogP contribution in [0.2, 0.25) is 0 Å². The fourth-order valence-corrected chi connectivity index (χ4v) is 1.44. The molecule has 0 aromatic rings. The van der Waals surface area contributed by atoms with E-state index in [-0.39, 0.29) is 0 Å². The molecule has 1 aliphatic heterocycles. The van der Waals surface area contributed by atoms with E-state index in [1.165, 1.54) is 32.5 Å². The Morgan fingerprint density at radius 1 is 1.40 bits per heavy atom. The molecule has 1 atom stereocenters. The van der Waals surface area contributed by atoms with Gasteiger partial charge in [-0.3, -0.25) is 0 Å². The van der Waals surface area contributed by atoms with Crippen molar-refractivity contribution >= 4 is 0 Å². The Balaban J connectivity index is 2.11. The Hall–Kier alpha value is -0.0800. The fraction of sp³-hybridized carbons (Fsp3) is 1.00. The second-order valence-corrected chi connectivity index (χ2v) is 3.20. The molecule has 0 aliphatic carbocycles. The lowest BCUT2D eigenvalue weighted by Gasteiger charge is -2.19. The molecule has 1 saturated heterocycles. The zero-order valence-electron chi connectivity index (χ0n) is 7.06. The lowest BCUT2D eigenvalue weighted by molar-refractivity contribution is 0.305. The van der Waals surface area contributed by atoms with Gasteiger partial charge in [-0.1, -0.05) is 0 Å². The molecular weight excluding hydrogens is 124 g/mol. The van der Waals surface area contributed by atoms with Crippen molar-refractivity contribution in [2.45, 2.75) is 25.8 Å². The van der Waals surface area contributed by atoms with Gasteiger partial charge >= 0.3 is 0 Å². The van der Waals surface area contributed by atoms with Gasteiger partial charge in [0.15, 0.2) is 0 Å². The predicted octanol–water partition coefficient (Wildman–Crippen LogP) is 0.690. The van der Waals surface area contributed by atoms with E-state index in [0.29, 0.717) is 6.04 Å². The van der Waals surface area contributed by atoms with E-state index in [9.17, 15) is 0 Å². The SMILES string of the molecule is CN[C@H](C)CN1CCCC1. The third-order valence-electron chi connectivity index (χ3n) is 2.22. The van der Waals surface area contributed by atoms with Crippen molar-refractivity contribution in [1.82, 2.24) is 10.2 Å². The molecule has 0 spiro atoms. The van der Waals surface area contributed by atoms with Gasteiger partial charge in [-0.05, 0) is 39.9 Å². The fourth-order valence-electron chi connectivity index (χ4n) is 1.44. The highest BCUT2D eigenvalue weighted by molar-refractivity contribution is 4.70. The molecule has 0 bridgehead atoms. The van der Waals surface area contributed by atoms with Crippen LogP contribution in [0.3, 0.4) is 0 Å². The Bertz CT molecular complexity index is 87.3. The van der Waals surface area contributed by atoms with Crippen LogP contribution in [0.4, 0.5) is 0 Å². The number of nitrogens with one attached hydrogen (secondary N) is 1. The molecule has 10 heavy (non-hydrogen) atoms. The van der Waals surface area contributed by atoms with Gasteiger partial charge in [0.05, 0.1) is 0 Å². The normalized spacial score (nSPS) is 23.4. The number of hydrogen-bond donors (Lipinski definition) is 1. The number of likely N-dealkylation sites (N-methyl/N-ethyl adjacent to an activating group) is 1. The lowest BCUT2D eigenvalue weighted by Crippen LogP contribution is -2.35. The number of rotatable bonds is 3. The van der Waals surface area contributed by atoms with E-state index < -0.39 is 0 Å². The van der Waals surface area contributed by atoms with Crippen LogP contribution in [0, 0.1) is 0 Å². The van der Waals surface area contributed by atoms with Gasteiger partial charge in [0.1, 0.15) is 0 Å². The van der Waals surface area contributed by atoms with Gasteiger partial charge in [-0.25, -0.2) is 0 Å². The van der Waals surface area contributed by atoms with Crippen molar-refractivity contribution in [3.8, 4) is 0 Å². The van der Waals surface area contributed by atoms with Crippen molar-refractivity contribution in [2.24, 2.45) is 0 Å². The van der Waals surface area contributed by atoms with Gasteiger partial charge < -0.3 is 10.2 Å². The molecule has 0 unspecified atom stereocenters. The standard InChI is InChI=1S/C8H18N2/c1-8(9-2)7-10-5-3-4-6-10/h8-9H,3-7H2,1-2H3/t8-/m1/s1. The molecule has 1 N–H and O–H groups in total. The molecular formula is C8H18N2. The monoisotopic (exact) mass is 142 g/mol. The molecule has 1 rings (SSSR count). The van der Waals surface area contributed by atoms with Gasteiger partial charge in [0.25, 0.3) is 0 Å². The predicted molar refractivity (Wildman–Crippen MR) is 44.2 cm³/mol. The van der Waals surface area contributed by atoms with Crippen LogP contribution in [0.15, 0.2) is 0 Å². The summed E-state index contributed by atoms with van der Waals surface area (Å²) in [6.45, 7) is 6.08. The number of hydrogen-bond acceptors (Lipinski definition) is 2. The third-order valence-corrected chi connectivity index (χ3v) is 2.22. The summed E-state index contributed by atoms with van der Waals surface area (Å²) in [6, 6.07) is 0.651. The Morgan fingerprint density at radius 2 is 2.00 bits per heavy atom. The molecule has 0 aromatic carbocycles. The van der Waals surface area contributed by atoms with E-state index in [4.69, 9.17) is 0 Å². The summed E-state index contributed by atoms with van der Waals surface area (Å²) in [7, 11) is 2.03. The smallest absolute Gasteiger partial charge is 0.0163 e. The molecule has 0 saturated carbocycles. The minimum atomic E-state index is 0.651. The second-order valence-electron chi connectivity index (χ2n) is 3.20. The van der Waals surface area contributed by atoms with E-state index in [2.05, 4.69) is 17.1 Å². The zero-order valence-corrected chi connectivity index (χ0v) is 7.06. The maximum Gasteiger partial charge on any atom is 0.0163 e. The van der Waals surface area contributed by atoms with Crippen LogP contribution < -0.4 is 5.32 Å². The molecule has 1 fully saturated rings. The second kappa shape index (κ2) is 3.94. The largest absolute Gasteiger partial charge is 0.316 e. The van der Waals surface area contributed by atoms with Crippen molar-refractivity contribution in [1.29, 1.82) is 0 Å². The first-order chi connectivity index (χ1) is 4.83. The van der Waals surface area contributed by atoms with E-state index >= 15 is 0 Å². The van der Waals surface area contributed by atoms with Crippen LogP contribution in [0.5, 0.6) is 0 Å². The summed E-state index contributed by atoms with van der Waals surface area (Å²) >= 11 is 0. The first-order valence-corrected chi connectivity index (χ1v) is 4.22. The molecule has 0 aromatic heterocycles. The summed E-state index contributed by atoms with van der Waals surface area (Å²) in [4.78, 5) is 2.53. The molecule has 1 aliphatic rings. The Morgan fingerprint density at radius 3 is 2.50 bits per heavy atom. The van der Waals surface area contributed by atoms with Gasteiger partial charge in [-0.2, -0.15) is 0 Å². The van der Waals surface area contributed by atoms with E-state index in [1.807, 2.05) is 7.05 Å². The highest BCUT2D eigenvalue weighted by atomic mass is 15.2. The minimum absolute atomic E-state index is 0.651. The quantitative estimate of drug-likeness (QED) is 0.623. The molecule has 2 heteroatoms. The Kier molecular flexibility index (Phi) is 3.16. The zero-order chi connectivity index (χ0) is 7.40. The third kappa shape index (κ3) is 2.27.